The first kappa shape index (κ1) is 25.2. The van der Waals surface area contributed by atoms with Crippen molar-refractivity contribution in [1.82, 2.24) is 14.5 Å². The molecule has 11 aromatic rings. The van der Waals surface area contributed by atoms with Crippen LogP contribution in [0.4, 0.5) is 0 Å². The predicted octanol–water partition coefficient (Wildman–Crippen LogP) is 11.8. The fourth-order valence-electron chi connectivity index (χ4n) is 7.62. The van der Waals surface area contributed by atoms with E-state index in [-0.39, 0.29) is 0 Å². The van der Waals surface area contributed by atoms with Crippen LogP contribution in [0, 0.1) is 0 Å². The summed E-state index contributed by atoms with van der Waals surface area (Å²) in [7, 11) is 0. The SMILES string of the molecule is c1ccc2c(-c3nc(-n4c5ccccc5c5c6c7ccccc7sc6c6ccccc6c54)nc4c3oc3ccccc34)cccc2c1. The molecule has 7 aromatic carbocycles. The molecule has 0 aliphatic carbocycles. The van der Waals surface area contributed by atoms with Gasteiger partial charge in [0.1, 0.15) is 16.8 Å². The first-order valence-corrected chi connectivity index (χ1v) is 16.6. The maximum atomic E-state index is 6.57. The van der Waals surface area contributed by atoms with Gasteiger partial charge in [-0.1, -0.05) is 115 Å². The Labute approximate surface area is 271 Å². The van der Waals surface area contributed by atoms with E-state index in [1.165, 1.54) is 41.7 Å². The van der Waals surface area contributed by atoms with Crippen LogP contribution in [0.2, 0.25) is 0 Å². The molecule has 0 unspecified atom stereocenters. The monoisotopic (exact) mass is 617 g/mol. The molecule has 0 aliphatic rings. The lowest BCUT2D eigenvalue weighted by atomic mass is 10.00. The molecule has 0 amide bonds. The zero-order valence-corrected chi connectivity index (χ0v) is 25.8. The molecule has 0 atom stereocenters. The highest BCUT2D eigenvalue weighted by Crippen LogP contribution is 2.48. The van der Waals surface area contributed by atoms with Gasteiger partial charge < -0.3 is 4.42 Å². The third-order valence-electron chi connectivity index (χ3n) is 9.60. The molecule has 47 heavy (non-hydrogen) atoms. The van der Waals surface area contributed by atoms with Gasteiger partial charge in [0.05, 0.1) is 11.0 Å². The van der Waals surface area contributed by atoms with Gasteiger partial charge in [-0.15, -0.1) is 11.3 Å². The summed E-state index contributed by atoms with van der Waals surface area (Å²) in [6.45, 7) is 0. The summed E-state index contributed by atoms with van der Waals surface area (Å²) in [6.07, 6.45) is 0. The minimum absolute atomic E-state index is 0.627. The van der Waals surface area contributed by atoms with E-state index in [0.717, 1.165) is 49.5 Å². The van der Waals surface area contributed by atoms with E-state index in [0.29, 0.717) is 11.5 Å². The molecule has 0 N–H and O–H groups in total. The standard InChI is InChI=1S/C42H23N3OS/c1-2-14-25-24(12-1)13-11-20-26(25)37-40-38(30-18-6-9-22-33(30)46-40)44-42(43-37)45-32-21-8-5-17-29(32)35-36-31-19-7-10-23-34(31)47-41(36)28-16-4-3-15-27(28)39(35)45/h1-23H. The third kappa shape index (κ3) is 3.36. The molecule has 0 fully saturated rings. The van der Waals surface area contributed by atoms with Gasteiger partial charge in [0, 0.05) is 52.7 Å². The lowest BCUT2D eigenvalue weighted by molar-refractivity contribution is 0.666. The molecule has 0 aliphatic heterocycles. The van der Waals surface area contributed by atoms with Crippen molar-refractivity contribution in [1.29, 1.82) is 0 Å². The summed E-state index contributed by atoms with van der Waals surface area (Å²) in [5, 5.41) is 10.7. The van der Waals surface area contributed by atoms with Crippen LogP contribution in [-0.4, -0.2) is 14.5 Å². The normalized spacial score (nSPS) is 12.3. The Hall–Kier alpha value is -6.04. The fraction of sp³-hybridized carbons (Fsp3) is 0. The molecule has 5 heteroatoms. The van der Waals surface area contributed by atoms with Crippen LogP contribution in [0.25, 0.3) is 103 Å². The smallest absolute Gasteiger partial charge is 0.236 e. The van der Waals surface area contributed by atoms with E-state index in [1.54, 1.807) is 0 Å². The highest BCUT2D eigenvalue weighted by atomic mass is 32.1. The fourth-order valence-corrected chi connectivity index (χ4v) is 8.87. The van der Waals surface area contributed by atoms with Gasteiger partial charge in [-0.3, -0.25) is 4.57 Å². The summed E-state index contributed by atoms with van der Waals surface area (Å²) in [5.41, 5.74) is 6.31. The van der Waals surface area contributed by atoms with E-state index < -0.39 is 0 Å². The van der Waals surface area contributed by atoms with Crippen molar-refractivity contribution in [3.8, 4) is 17.2 Å². The number of aromatic nitrogens is 3. The van der Waals surface area contributed by atoms with Crippen LogP contribution in [0.1, 0.15) is 0 Å². The second-order valence-electron chi connectivity index (χ2n) is 12.1. The number of nitrogens with zero attached hydrogens (tertiary/aromatic N) is 3. The zero-order chi connectivity index (χ0) is 30.6. The number of rotatable bonds is 2. The Balaban J connectivity index is 1.38. The molecule has 218 valence electrons. The minimum Gasteiger partial charge on any atom is -0.452 e. The number of hydrogen-bond acceptors (Lipinski definition) is 4. The van der Waals surface area contributed by atoms with Crippen molar-refractivity contribution < 1.29 is 4.42 Å². The van der Waals surface area contributed by atoms with E-state index in [1.807, 2.05) is 29.5 Å². The van der Waals surface area contributed by atoms with Gasteiger partial charge in [0.15, 0.2) is 5.58 Å². The first-order valence-electron chi connectivity index (χ1n) is 15.8. The van der Waals surface area contributed by atoms with Crippen LogP contribution in [0.3, 0.4) is 0 Å². The van der Waals surface area contributed by atoms with Crippen molar-refractivity contribution >= 4 is 96.9 Å². The van der Waals surface area contributed by atoms with Crippen LogP contribution in [0.15, 0.2) is 144 Å². The second-order valence-corrected chi connectivity index (χ2v) is 13.2. The molecule has 0 spiro atoms. The maximum absolute atomic E-state index is 6.57. The van der Waals surface area contributed by atoms with Crippen LogP contribution in [0.5, 0.6) is 0 Å². The summed E-state index contributed by atoms with van der Waals surface area (Å²) in [4.78, 5) is 10.8. The number of benzene rings is 7. The van der Waals surface area contributed by atoms with Crippen molar-refractivity contribution in [2.45, 2.75) is 0 Å². The second kappa shape index (κ2) is 9.25. The minimum atomic E-state index is 0.627. The quantitative estimate of drug-likeness (QED) is 0.194. The van der Waals surface area contributed by atoms with E-state index in [2.05, 4.69) is 126 Å². The summed E-state index contributed by atoms with van der Waals surface area (Å²) < 4.78 is 11.5. The Bertz CT molecular complexity index is 3090. The number of fused-ring (bicyclic) bond motifs is 14. The van der Waals surface area contributed by atoms with Crippen LogP contribution >= 0.6 is 11.3 Å². The highest BCUT2D eigenvalue weighted by Gasteiger charge is 2.25. The topological polar surface area (TPSA) is 43.9 Å². The molecular weight excluding hydrogens is 595 g/mol. The predicted molar refractivity (Wildman–Crippen MR) is 197 cm³/mol. The lowest BCUT2D eigenvalue weighted by Crippen LogP contribution is -2.03. The largest absolute Gasteiger partial charge is 0.452 e. The number of para-hydroxylation sites is 2. The molecule has 0 radical (unpaired) electrons. The van der Waals surface area contributed by atoms with Crippen molar-refractivity contribution in [2.75, 3.05) is 0 Å². The van der Waals surface area contributed by atoms with Crippen LogP contribution in [-0.2, 0) is 0 Å². The zero-order valence-electron chi connectivity index (χ0n) is 24.9. The van der Waals surface area contributed by atoms with Gasteiger partial charge in [0.2, 0.25) is 5.95 Å². The molecule has 4 aromatic heterocycles. The molecular formula is C42H23N3OS. The Morgan fingerprint density at radius 3 is 2.11 bits per heavy atom. The maximum Gasteiger partial charge on any atom is 0.236 e. The third-order valence-corrected chi connectivity index (χ3v) is 10.8. The molecule has 0 bridgehead atoms. The van der Waals surface area contributed by atoms with Crippen molar-refractivity contribution in [3.63, 3.8) is 0 Å². The molecule has 4 nitrogen and oxygen atoms in total. The molecule has 0 saturated heterocycles. The van der Waals surface area contributed by atoms with Gasteiger partial charge in [0.25, 0.3) is 0 Å². The average molecular weight is 618 g/mol. The van der Waals surface area contributed by atoms with E-state index in [9.17, 15) is 0 Å². The van der Waals surface area contributed by atoms with E-state index >= 15 is 0 Å². The lowest BCUT2D eigenvalue weighted by Gasteiger charge is -2.12. The van der Waals surface area contributed by atoms with Crippen molar-refractivity contribution in [2.24, 2.45) is 0 Å². The van der Waals surface area contributed by atoms with E-state index in [4.69, 9.17) is 14.4 Å². The van der Waals surface area contributed by atoms with Gasteiger partial charge >= 0.3 is 0 Å². The average Bonchev–Trinajstić information content (AvgIpc) is 3.81. The van der Waals surface area contributed by atoms with Crippen molar-refractivity contribution in [3.05, 3.63) is 140 Å². The molecule has 4 heterocycles. The Morgan fingerprint density at radius 2 is 1.21 bits per heavy atom. The molecule has 11 rings (SSSR count). The number of hydrogen-bond donors (Lipinski definition) is 0. The van der Waals surface area contributed by atoms with Gasteiger partial charge in [-0.2, -0.15) is 0 Å². The summed E-state index contributed by atoms with van der Waals surface area (Å²) in [6, 6.07) is 49.2. The van der Waals surface area contributed by atoms with Gasteiger partial charge in [-0.05, 0) is 35.0 Å². The summed E-state index contributed by atoms with van der Waals surface area (Å²) >= 11 is 1.87. The highest BCUT2D eigenvalue weighted by molar-refractivity contribution is 7.27. The van der Waals surface area contributed by atoms with Gasteiger partial charge in [-0.25, -0.2) is 9.97 Å². The molecule has 0 saturated carbocycles. The number of thiophene rings is 1. The Morgan fingerprint density at radius 1 is 0.532 bits per heavy atom. The first-order chi connectivity index (χ1) is 23.3. The number of furan rings is 1. The summed E-state index contributed by atoms with van der Waals surface area (Å²) in [5.74, 6) is 0.627. The van der Waals surface area contributed by atoms with Crippen LogP contribution < -0.4 is 0 Å². The Kier molecular flexibility index (Phi) is 4.96.